The molecule has 1 aromatic heterocycles. The molecule has 1 unspecified atom stereocenters. The molecule has 1 fully saturated rings. The number of nitrogens with two attached hydrogens (primary N) is 1. The third-order valence-electron chi connectivity index (χ3n) is 3.92. The fourth-order valence-electron chi connectivity index (χ4n) is 2.66. The van der Waals surface area contributed by atoms with Crippen molar-refractivity contribution in [3.8, 4) is 0 Å². The molecular formula is C15H24N4OS. The van der Waals surface area contributed by atoms with Crippen molar-refractivity contribution in [2.24, 2.45) is 5.73 Å². The largest absolute Gasteiger partial charge is 0.389 e. The number of rotatable bonds is 5. The highest BCUT2D eigenvalue weighted by atomic mass is 32.1. The first-order valence-corrected chi connectivity index (χ1v) is 7.95. The summed E-state index contributed by atoms with van der Waals surface area (Å²) in [5.74, 6) is 0.801. The van der Waals surface area contributed by atoms with Gasteiger partial charge in [0.1, 0.15) is 4.99 Å². The Morgan fingerprint density at radius 3 is 2.86 bits per heavy atom. The Labute approximate surface area is 131 Å². The third-order valence-corrected chi connectivity index (χ3v) is 4.12. The first kappa shape index (κ1) is 16.1. The molecule has 1 saturated heterocycles. The summed E-state index contributed by atoms with van der Waals surface area (Å²) in [5.41, 5.74) is 8.66. The smallest absolute Gasteiger partial charge is 0.161 e. The minimum atomic E-state index is 0.251. The molecule has 2 N–H and O–H groups in total. The first-order valence-electron chi connectivity index (χ1n) is 7.54. The lowest BCUT2D eigenvalue weighted by atomic mass is 10.0. The van der Waals surface area contributed by atoms with Crippen LogP contribution in [-0.2, 0) is 4.74 Å². The van der Waals surface area contributed by atoms with Gasteiger partial charge in [0.25, 0.3) is 0 Å². The Morgan fingerprint density at radius 1 is 1.43 bits per heavy atom. The Balaban J connectivity index is 2.25. The molecule has 0 spiro atoms. The second-order valence-corrected chi connectivity index (χ2v) is 5.99. The van der Waals surface area contributed by atoms with Crippen molar-refractivity contribution >= 4 is 23.0 Å². The molecule has 1 atom stereocenters. The van der Waals surface area contributed by atoms with E-state index in [1.54, 1.807) is 0 Å². The zero-order valence-electron chi connectivity index (χ0n) is 13.1. The highest BCUT2D eigenvalue weighted by Crippen LogP contribution is 2.25. The summed E-state index contributed by atoms with van der Waals surface area (Å²) in [4.78, 5) is 2.59. The van der Waals surface area contributed by atoms with E-state index in [0.29, 0.717) is 4.99 Å². The SMILES string of the molecule is CCCOC1CCCN(c2nnc(C)c(C)c2C(N)=S)C1. The molecule has 0 aliphatic carbocycles. The minimum absolute atomic E-state index is 0.251. The Hall–Kier alpha value is -1.27. The third kappa shape index (κ3) is 3.68. The van der Waals surface area contributed by atoms with Gasteiger partial charge in [-0.1, -0.05) is 19.1 Å². The van der Waals surface area contributed by atoms with Gasteiger partial charge in [-0.3, -0.25) is 0 Å². The fraction of sp³-hybridized carbons (Fsp3) is 0.667. The van der Waals surface area contributed by atoms with Crippen molar-refractivity contribution in [1.29, 1.82) is 0 Å². The molecular weight excluding hydrogens is 284 g/mol. The van der Waals surface area contributed by atoms with Gasteiger partial charge in [-0.2, -0.15) is 5.10 Å². The van der Waals surface area contributed by atoms with Crippen LogP contribution in [0.2, 0.25) is 0 Å². The van der Waals surface area contributed by atoms with Gasteiger partial charge in [0.15, 0.2) is 5.82 Å². The van der Waals surface area contributed by atoms with E-state index in [1.807, 2.05) is 13.8 Å². The quantitative estimate of drug-likeness (QED) is 0.841. The molecule has 0 aromatic carbocycles. The van der Waals surface area contributed by atoms with Crippen molar-refractivity contribution < 1.29 is 4.74 Å². The predicted molar refractivity (Wildman–Crippen MR) is 88.9 cm³/mol. The predicted octanol–water partition coefficient (Wildman–Crippen LogP) is 2.12. The number of hydrogen-bond acceptors (Lipinski definition) is 5. The molecule has 1 aliphatic rings. The highest BCUT2D eigenvalue weighted by molar-refractivity contribution is 7.80. The summed E-state index contributed by atoms with van der Waals surface area (Å²) in [5, 5.41) is 8.59. The molecule has 1 aromatic rings. The molecule has 0 amide bonds. The van der Waals surface area contributed by atoms with Crippen LogP contribution in [0, 0.1) is 13.8 Å². The maximum absolute atomic E-state index is 5.91. The second-order valence-electron chi connectivity index (χ2n) is 5.55. The van der Waals surface area contributed by atoms with Crippen molar-refractivity contribution in [2.45, 2.75) is 46.1 Å². The van der Waals surface area contributed by atoms with Crippen LogP contribution in [0.25, 0.3) is 0 Å². The zero-order chi connectivity index (χ0) is 15.4. The van der Waals surface area contributed by atoms with Crippen LogP contribution in [0.1, 0.15) is 43.0 Å². The van der Waals surface area contributed by atoms with Crippen LogP contribution < -0.4 is 10.6 Å². The maximum atomic E-state index is 5.91. The van der Waals surface area contributed by atoms with Crippen LogP contribution in [0.5, 0.6) is 0 Å². The number of ether oxygens (including phenoxy) is 1. The number of thiocarbonyl (C=S) groups is 1. The van der Waals surface area contributed by atoms with E-state index >= 15 is 0 Å². The van der Waals surface area contributed by atoms with E-state index in [0.717, 1.165) is 61.6 Å². The van der Waals surface area contributed by atoms with Gasteiger partial charge in [-0.05, 0) is 38.7 Å². The summed E-state index contributed by atoms with van der Waals surface area (Å²) in [6, 6.07) is 0. The first-order chi connectivity index (χ1) is 10.0. The summed E-state index contributed by atoms with van der Waals surface area (Å²) in [6.45, 7) is 8.62. The van der Waals surface area contributed by atoms with Gasteiger partial charge >= 0.3 is 0 Å². The zero-order valence-corrected chi connectivity index (χ0v) is 13.9. The Morgan fingerprint density at radius 2 is 2.19 bits per heavy atom. The lowest BCUT2D eigenvalue weighted by Gasteiger charge is -2.34. The van der Waals surface area contributed by atoms with Gasteiger partial charge in [-0.25, -0.2) is 0 Å². The van der Waals surface area contributed by atoms with Crippen molar-refractivity contribution in [3.05, 3.63) is 16.8 Å². The Kier molecular flexibility index (Phi) is 5.47. The number of piperidine rings is 1. The van der Waals surface area contributed by atoms with Crippen LogP contribution in [0.4, 0.5) is 5.82 Å². The van der Waals surface area contributed by atoms with Gasteiger partial charge in [-0.15, -0.1) is 5.10 Å². The maximum Gasteiger partial charge on any atom is 0.161 e. The van der Waals surface area contributed by atoms with Crippen molar-refractivity contribution in [1.82, 2.24) is 10.2 Å². The highest BCUT2D eigenvalue weighted by Gasteiger charge is 2.25. The van der Waals surface area contributed by atoms with Crippen LogP contribution >= 0.6 is 12.2 Å². The van der Waals surface area contributed by atoms with Gasteiger partial charge in [0.2, 0.25) is 0 Å². The Bertz CT molecular complexity index is 521. The molecule has 0 bridgehead atoms. The van der Waals surface area contributed by atoms with Gasteiger partial charge < -0.3 is 15.4 Å². The van der Waals surface area contributed by atoms with Crippen LogP contribution in [-0.4, -0.2) is 41.0 Å². The fourth-order valence-corrected chi connectivity index (χ4v) is 2.91. The minimum Gasteiger partial charge on any atom is -0.389 e. The second kappa shape index (κ2) is 7.13. The van der Waals surface area contributed by atoms with E-state index in [4.69, 9.17) is 22.7 Å². The van der Waals surface area contributed by atoms with Crippen molar-refractivity contribution in [3.63, 3.8) is 0 Å². The average Bonchev–Trinajstić information content (AvgIpc) is 2.47. The number of hydrogen-bond donors (Lipinski definition) is 1. The molecule has 2 rings (SSSR count). The molecule has 6 heteroatoms. The summed E-state index contributed by atoms with van der Waals surface area (Å²) in [7, 11) is 0. The van der Waals surface area contributed by atoms with E-state index in [-0.39, 0.29) is 6.10 Å². The summed E-state index contributed by atoms with van der Waals surface area (Å²) in [6.07, 6.45) is 3.47. The van der Waals surface area contributed by atoms with Gasteiger partial charge in [0, 0.05) is 19.7 Å². The van der Waals surface area contributed by atoms with E-state index in [1.165, 1.54) is 0 Å². The van der Waals surface area contributed by atoms with Crippen LogP contribution in [0.3, 0.4) is 0 Å². The topological polar surface area (TPSA) is 64.3 Å². The molecule has 21 heavy (non-hydrogen) atoms. The van der Waals surface area contributed by atoms with E-state index in [2.05, 4.69) is 22.0 Å². The standard InChI is InChI=1S/C15H24N4OS/c1-4-8-20-12-6-5-7-19(9-12)15-13(14(16)21)10(2)11(3)17-18-15/h12H,4-9H2,1-3H3,(H2,16,21). The summed E-state index contributed by atoms with van der Waals surface area (Å²) >= 11 is 5.22. The molecule has 1 aliphatic heterocycles. The summed E-state index contributed by atoms with van der Waals surface area (Å²) < 4.78 is 5.88. The molecule has 2 heterocycles. The lowest BCUT2D eigenvalue weighted by molar-refractivity contribution is 0.0439. The van der Waals surface area contributed by atoms with E-state index in [9.17, 15) is 0 Å². The molecule has 116 valence electrons. The van der Waals surface area contributed by atoms with Gasteiger partial charge in [0.05, 0.1) is 17.4 Å². The number of anilines is 1. The molecule has 0 radical (unpaired) electrons. The monoisotopic (exact) mass is 308 g/mol. The average molecular weight is 308 g/mol. The molecule has 5 nitrogen and oxygen atoms in total. The van der Waals surface area contributed by atoms with Crippen LogP contribution in [0.15, 0.2) is 0 Å². The molecule has 0 saturated carbocycles. The normalized spacial score (nSPS) is 18.8. The van der Waals surface area contributed by atoms with Crippen molar-refractivity contribution in [2.75, 3.05) is 24.6 Å². The lowest BCUT2D eigenvalue weighted by Crippen LogP contribution is -2.41. The number of nitrogens with zero attached hydrogens (tertiary/aromatic N) is 3. The number of aromatic nitrogens is 2. The number of aryl methyl sites for hydroxylation is 1. The van der Waals surface area contributed by atoms with E-state index < -0.39 is 0 Å².